The Morgan fingerprint density at radius 1 is 0.297 bits per heavy atom. The highest BCUT2D eigenvalue weighted by Crippen LogP contribution is 2.15. The number of rotatable bonds is 28. The average Bonchev–Trinajstić information content (AvgIpc) is 2.91. The molecule has 0 fully saturated rings. The normalized spacial score (nSPS) is 10.6. The van der Waals surface area contributed by atoms with Gasteiger partial charge in [0, 0.05) is 12.8 Å². The van der Waals surface area contributed by atoms with Crippen molar-refractivity contribution in [3.63, 3.8) is 0 Å². The molecule has 0 bridgehead atoms. The third-order valence-electron chi connectivity index (χ3n) is 7.58. The summed E-state index contributed by atoms with van der Waals surface area (Å²) >= 11 is 0. The fourth-order valence-electron chi connectivity index (χ4n) is 5.03. The van der Waals surface area contributed by atoms with Crippen LogP contribution in [0.4, 0.5) is 0 Å². The van der Waals surface area contributed by atoms with Gasteiger partial charge in [0.2, 0.25) is 0 Å². The Kier molecular flexibility index (Phi) is 35.1. The first kappa shape index (κ1) is 36.5. The summed E-state index contributed by atoms with van der Waals surface area (Å²) in [7, 11) is 1.02. The van der Waals surface area contributed by atoms with E-state index in [-0.39, 0.29) is 0 Å². The van der Waals surface area contributed by atoms with Gasteiger partial charge in [-0.1, -0.05) is 204 Å². The molecule has 215 valence electrons. The van der Waals surface area contributed by atoms with Gasteiger partial charge in [0.1, 0.15) is 0 Å². The third kappa shape index (κ3) is 35.6. The van der Waals surface area contributed by atoms with Crippen molar-refractivity contribution in [2.75, 3.05) is 0 Å². The molecule has 0 atom stereocenters. The van der Waals surface area contributed by atoms with Crippen LogP contribution in [0.2, 0.25) is 0 Å². The number of hydrogen-bond donors (Lipinski definition) is 0. The Labute approximate surface area is 237 Å². The summed E-state index contributed by atoms with van der Waals surface area (Å²) in [5.74, 6) is 6.64. The fraction of sp³-hybridized carbons (Fsp3) is 0.889. The van der Waals surface area contributed by atoms with E-state index in [1.54, 1.807) is 0 Å². The monoisotopic (exact) mass is 529 g/mol. The van der Waals surface area contributed by atoms with Crippen molar-refractivity contribution in [1.29, 1.82) is 0 Å². The van der Waals surface area contributed by atoms with Gasteiger partial charge in [-0.05, 0) is 12.8 Å². The molecule has 0 aromatic heterocycles. The summed E-state index contributed by atoms with van der Waals surface area (Å²) < 4.78 is 0. The lowest BCUT2D eigenvalue weighted by atomic mass is 10.0. The van der Waals surface area contributed by atoms with Crippen LogP contribution in [0.15, 0.2) is 0 Å². The maximum absolute atomic E-state index is 3.32. The summed E-state index contributed by atoms with van der Waals surface area (Å²) in [6.45, 7) is 4.59. The molecule has 0 nitrogen and oxygen atoms in total. The SMILES string of the molecule is CCCCCCCCCCCCCCCCC#C[P]C#CCCCCCCCCCCCCCCCC. The van der Waals surface area contributed by atoms with Crippen molar-refractivity contribution in [3.8, 4) is 23.2 Å². The summed E-state index contributed by atoms with van der Waals surface area (Å²) in [6.07, 6.45) is 41.9. The average molecular weight is 530 g/mol. The predicted molar refractivity (Wildman–Crippen MR) is 172 cm³/mol. The van der Waals surface area contributed by atoms with Gasteiger partial charge in [-0.15, -0.1) is 0 Å². The minimum absolute atomic E-state index is 1.02. The van der Waals surface area contributed by atoms with E-state index in [0.717, 1.165) is 21.4 Å². The summed E-state index contributed by atoms with van der Waals surface area (Å²) in [6, 6.07) is 0. The lowest BCUT2D eigenvalue weighted by Gasteiger charge is -2.02. The molecule has 0 amide bonds. The van der Waals surface area contributed by atoms with Crippen LogP contribution in [0.5, 0.6) is 0 Å². The first-order valence-corrected chi connectivity index (χ1v) is 18.0. The van der Waals surface area contributed by atoms with E-state index in [9.17, 15) is 0 Å². The second kappa shape index (κ2) is 35.5. The van der Waals surface area contributed by atoms with E-state index < -0.39 is 0 Å². The molecular formula is C36H66P. The Morgan fingerprint density at radius 3 is 0.757 bits per heavy atom. The highest BCUT2D eigenvalue weighted by Gasteiger charge is 1.95. The minimum atomic E-state index is 1.02. The highest BCUT2D eigenvalue weighted by molar-refractivity contribution is 7.49. The van der Waals surface area contributed by atoms with Crippen molar-refractivity contribution in [3.05, 3.63) is 0 Å². The Hall–Kier alpha value is -0.450. The zero-order valence-corrected chi connectivity index (χ0v) is 26.6. The molecule has 0 unspecified atom stereocenters. The molecule has 0 saturated heterocycles. The van der Waals surface area contributed by atoms with Crippen molar-refractivity contribution < 1.29 is 0 Å². The maximum atomic E-state index is 3.32. The Bertz CT molecular complexity index is 480. The van der Waals surface area contributed by atoms with Crippen LogP contribution in [0, 0.1) is 23.2 Å². The standard InChI is InChI=1S/C36H66P/c1-3-5-7-9-11-13-15-17-19-21-23-25-27-29-31-33-35-37-36-34-32-30-28-26-24-22-20-18-16-14-12-10-8-6-4-2/h3-32H2,1-2H3. The van der Waals surface area contributed by atoms with Crippen LogP contribution in [0.3, 0.4) is 0 Å². The lowest BCUT2D eigenvalue weighted by molar-refractivity contribution is 0.536. The van der Waals surface area contributed by atoms with Crippen LogP contribution in [0.25, 0.3) is 0 Å². The van der Waals surface area contributed by atoms with Crippen LogP contribution < -0.4 is 0 Å². The van der Waals surface area contributed by atoms with Crippen LogP contribution in [0.1, 0.15) is 206 Å². The van der Waals surface area contributed by atoms with Crippen molar-refractivity contribution in [2.24, 2.45) is 0 Å². The van der Waals surface area contributed by atoms with E-state index in [1.165, 1.54) is 180 Å². The Balaban J connectivity index is 3.19. The molecule has 0 spiro atoms. The summed E-state index contributed by atoms with van der Waals surface area (Å²) in [5.41, 5.74) is 6.47. The van der Waals surface area contributed by atoms with Gasteiger partial charge >= 0.3 is 0 Å². The minimum Gasteiger partial charge on any atom is -0.0972 e. The van der Waals surface area contributed by atoms with Gasteiger partial charge in [0.25, 0.3) is 0 Å². The molecule has 37 heavy (non-hydrogen) atoms. The Morgan fingerprint density at radius 2 is 0.514 bits per heavy atom. The van der Waals surface area contributed by atoms with Gasteiger partial charge in [-0.3, -0.25) is 0 Å². The molecule has 0 aliphatic heterocycles. The van der Waals surface area contributed by atoms with Gasteiger partial charge in [0.15, 0.2) is 0 Å². The molecule has 1 heteroatoms. The van der Waals surface area contributed by atoms with Crippen molar-refractivity contribution >= 4 is 8.58 Å². The summed E-state index contributed by atoms with van der Waals surface area (Å²) in [4.78, 5) is 0. The molecule has 0 rings (SSSR count). The van der Waals surface area contributed by atoms with Crippen LogP contribution >= 0.6 is 8.58 Å². The molecule has 0 N–H and O–H groups in total. The summed E-state index contributed by atoms with van der Waals surface area (Å²) in [5, 5.41) is 0. The van der Waals surface area contributed by atoms with Gasteiger partial charge in [-0.25, -0.2) is 0 Å². The van der Waals surface area contributed by atoms with E-state index in [2.05, 4.69) is 37.0 Å². The van der Waals surface area contributed by atoms with Gasteiger partial charge < -0.3 is 0 Å². The lowest BCUT2D eigenvalue weighted by Crippen LogP contribution is -1.83. The van der Waals surface area contributed by atoms with Gasteiger partial charge in [0.05, 0.1) is 8.58 Å². The molecule has 0 heterocycles. The second-order valence-electron chi connectivity index (χ2n) is 11.4. The van der Waals surface area contributed by atoms with Crippen LogP contribution in [-0.2, 0) is 0 Å². The second-order valence-corrected chi connectivity index (χ2v) is 12.1. The molecule has 0 saturated carbocycles. The van der Waals surface area contributed by atoms with E-state index in [4.69, 9.17) is 0 Å². The maximum Gasteiger partial charge on any atom is 0.0995 e. The molecule has 0 aromatic carbocycles. The molecule has 1 radical (unpaired) electrons. The smallest absolute Gasteiger partial charge is 0.0972 e. The first-order chi connectivity index (χ1) is 18.4. The van der Waals surface area contributed by atoms with E-state index >= 15 is 0 Å². The zero-order valence-electron chi connectivity index (χ0n) is 25.7. The molecule has 0 aliphatic rings. The number of hydrogen-bond acceptors (Lipinski definition) is 0. The van der Waals surface area contributed by atoms with Crippen molar-refractivity contribution in [2.45, 2.75) is 206 Å². The molecule has 0 aliphatic carbocycles. The fourth-order valence-corrected chi connectivity index (χ4v) is 5.47. The molecule has 0 aromatic rings. The van der Waals surface area contributed by atoms with Crippen LogP contribution in [-0.4, -0.2) is 0 Å². The number of unbranched alkanes of at least 4 members (excludes halogenated alkanes) is 28. The largest absolute Gasteiger partial charge is 0.0995 e. The van der Waals surface area contributed by atoms with Crippen molar-refractivity contribution in [1.82, 2.24) is 0 Å². The topological polar surface area (TPSA) is 0 Å². The third-order valence-corrected chi connectivity index (χ3v) is 8.12. The quantitative estimate of drug-likeness (QED) is 0.0537. The predicted octanol–water partition coefficient (Wildman–Crippen LogP) is 13.6. The highest BCUT2D eigenvalue weighted by atomic mass is 31.1. The van der Waals surface area contributed by atoms with E-state index in [0.29, 0.717) is 0 Å². The van der Waals surface area contributed by atoms with Gasteiger partial charge in [-0.2, -0.15) is 0 Å². The first-order valence-electron chi connectivity index (χ1n) is 17.1. The van der Waals surface area contributed by atoms with E-state index in [1.807, 2.05) is 0 Å². The zero-order chi connectivity index (χ0) is 26.7. The molecular weight excluding hydrogens is 463 g/mol.